The molecule has 13 heteroatoms. The van der Waals surface area contributed by atoms with Crippen molar-refractivity contribution in [3.05, 3.63) is 12.7 Å². The molecule has 0 bridgehead atoms. The second-order valence-corrected chi connectivity index (χ2v) is 17.0. The van der Waals surface area contributed by atoms with E-state index in [2.05, 4.69) is 107 Å². The van der Waals surface area contributed by atoms with Gasteiger partial charge in [-0.05, 0) is 106 Å². The first-order valence-electron chi connectivity index (χ1n) is 22.1. The topological polar surface area (TPSA) is 151 Å². The number of hydrogen-bond acceptors (Lipinski definition) is 9. The van der Waals surface area contributed by atoms with E-state index in [-0.39, 0.29) is 51.5 Å². The van der Waals surface area contributed by atoms with Crippen LogP contribution < -0.4 is 16.0 Å². The second kappa shape index (κ2) is 39.2. The molecule has 0 radical (unpaired) electrons. The Kier molecular flexibility index (Phi) is 36.3. The fraction of sp³-hybridized carbons (Fsp3) is 0.653. The highest BCUT2D eigenvalue weighted by molar-refractivity contribution is 7.48. The van der Waals surface area contributed by atoms with Crippen molar-refractivity contribution < 1.29 is 42.0 Å². The number of amides is 3. The number of phosphoric acid groups is 1. The van der Waals surface area contributed by atoms with Crippen molar-refractivity contribution in [3.8, 4) is 71.0 Å². The first-order chi connectivity index (χ1) is 29.9. The van der Waals surface area contributed by atoms with E-state index in [1.807, 2.05) is 0 Å². The zero-order valence-electron chi connectivity index (χ0n) is 38.3. The predicted octanol–water partition coefficient (Wildman–Crippen LogP) is 8.55. The number of alkyl carbamates (subject to hydrolysis) is 1. The lowest BCUT2D eigenvalue weighted by atomic mass is 10.0. The van der Waals surface area contributed by atoms with Crippen LogP contribution in [0.15, 0.2) is 12.7 Å². The Morgan fingerprint density at radius 1 is 0.661 bits per heavy atom. The number of rotatable bonds is 33. The molecule has 0 aromatic rings. The number of hydrogen-bond donors (Lipinski definition) is 3. The summed E-state index contributed by atoms with van der Waals surface area (Å²) in [5, 5.41) is 8.44. The first kappa shape index (κ1) is 57.4. The van der Waals surface area contributed by atoms with Crippen molar-refractivity contribution in [2.75, 3.05) is 39.6 Å². The van der Waals surface area contributed by atoms with Crippen LogP contribution in [0.5, 0.6) is 0 Å². The number of unbranched alkanes of at least 4 members (excludes halogenated alkanes) is 12. The molecule has 0 aliphatic rings. The zero-order chi connectivity index (χ0) is 46.0. The Bertz CT molecular complexity index is 1740. The van der Waals surface area contributed by atoms with Crippen LogP contribution in [0.2, 0.25) is 0 Å². The van der Waals surface area contributed by atoms with Crippen LogP contribution in [0.4, 0.5) is 4.79 Å². The van der Waals surface area contributed by atoms with E-state index < -0.39 is 31.5 Å². The molecular formula is C49H72N3O9P. The fourth-order valence-corrected chi connectivity index (χ4v) is 6.63. The summed E-state index contributed by atoms with van der Waals surface area (Å²) in [6.07, 6.45) is 18.8. The lowest BCUT2D eigenvalue weighted by Crippen LogP contribution is -2.41. The van der Waals surface area contributed by atoms with Crippen molar-refractivity contribution in [3.63, 3.8) is 0 Å². The van der Waals surface area contributed by atoms with Crippen molar-refractivity contribution in [2.24, 2.45) is 0 Å². The standard InChI is InChI=1S/C49H72N3O9P/c1-8-12-15-18-20-22-23-25-27-30-33-36-47(54)52-45(43-60-62(56,58-39-11-4)59-41-38-50-48(55)61-49(5,6)7)42-57-40-37-44(34-31-28-17-14-10-3)51-46(53)35-32-29-26-24-21-19-16-13-9-2/h11,44-45H,4,9-10,13-14,16-17,19,21,24,26,28-29,31-32,34-35,37-43H2,1-3,5-7H3,(H,50,55)(H,51,53)(H,52,54)/t44-,45+,62?/m0/s1. The number of carbonyl (C=O) groups excluding carboxylic acids is 3. The molecule has 0 saturated carbocycles. The van der Waals surface area contributed by atoms with Crippen LogP contribution in [-0.4, -0.2) is 75.2 Å². The molecule has 3 atom stereocenters. The van der Waals surface area contributed by atoms with Gasteiger partial charge in [-0.15, -0.1) is 6.58 Å². The molecule has 0 fully saturated rings. The van der Waals surface area contributed by atoms with Gasteiger partial charge in [0.25, 0.3) is 5.91 Å². The van der Waals surface area contributed by atoms with E-state index in [0.717, 1.165) is 51.4 Å². The molecule has 0 aliphatic carbocycles. The molecule has 62 heavy (non-hydrogen) atoms. The van der Waals surface area contributed by atoms with E-state index in [4.69, 9.17) is 23.0 Å². The first-order valence-corrected chi connectivity index (χ1v) is 23.6. The summed E-state index contributed by atoms with van der Waals surface area (Å²) < 4.78 is 41.2. The molecular weight excluding hydrogens is 806 g/mol. The smallest absolute Gasteiger partial charge is 0.444 e. The van der Waals surface area contributed by atoms with E-state index >= 15 is 0 Å². The van der Waals surface area contributed by atoms with Crippen molar-refractivity contribution in [1.82, 2.24) is 16.0 Å². The van der Waals surface area contributed by atoms with Gasteiger partial charge in [0.15, 0.2) is 0 Å². The average molecular weight is 878 g/mol. The molecule has 3 amide bonds. The molecule has 0 saturated heterocycles. The molecule has 0 aliphatic heterocycles. The highest BCUT2D eigenvalue weighted by atomic mass is 31.2. The van der Waals surface area contributed by atoms with Gasteiger partial charge in [0.2, 0.25) is 5.91 Å². The van der Waals surface area contributed by atoms with Crippen LogP contribution >= 0.6 is 7.82 Å². The second-order valence-electron chi connectivity index (χ2n) is 15.3. The molecule has 0 heterocycles. The Morgan fingerprint density at radius 3 is 1.81 bits per heavy atom. The maximum atomic E-state index is 13.5. The SMILES string of the molecule is C=CCOP(=O)(OCCNC(=O)OC(C)(C)C)OC[C@@H](COCC[C@H](CCCCCCC)NC(=O)CCCCCCCCCCC)NC(=O)C#CC#CC#CC#CC#CC#CC. The van der Waals surface area contributed by atoms with Gasteiger partial charge in [-0.2, -0.15) is 0 Å². The van der Waals surface area contributed by atoms with Crippen molar-refractivity contribution in [2.45, 2.75) is 168 Å². The molecule has 1 unspecified atom stereocenters. The highest BCUT2D eigenvalue weighted by Crippen LogP contribution is 2.49. The number of nitrogens with one attached hydrogen (secondary N) is 3. The molecule has 0 aromatic heterocycles. The molecule has 12 nitrogen and oxygen atoms in total. The third-order valence-corrected chi connectivity index (χ3v) is 9.89. The predicted molar refractivity (Wildman–Crippen MR) is 247 cm³/mol. The maximum absolute atomic E-state index is 13.5. The van der Waals surface area contributed by atoms with Gasteiger partial charge in [-0.1, -0.05) is 109 Å². The normalized spacial score (nSPS) is 12.0. The number of phosphoric ester groups is 1. The number of carbonyl (C=O) groups is 3. The van der Waals surface area contributed by atoms with Crippen molar-refractivity contribution in [1.29, 1.82) is 0 Å². The Hall–Kier alpha value is -4.62. The van der Waals surface area contributed by atoms with E-state index in [1.165, 1.54) is 51.0 Å². The van der Waals surface area contributed by atoms with Gasteiger partial charge in [0.1, 0.15) is 5.60 Å². The van der Waals surface area contributed by atoms with E-state index in [0.29, 0.717) is 12.8 Å². The van der Waals surface area contributed by atoms with Crippen LogP contribution in [0.25, 0.3) is 0 Å². The van der Waals surface area contributed by atoms with E-state index in [9.17, 15) is 18.9 Å². The summed E-state index contributed by atoms with van der Waals surface area (Å²) in [6.45, 7) is 14.3. The quantitative estimate of drug-likeness (QED) is 0.0255. The summed E-state index contributed by atoms with van der Waals surface area (Å²) in [5.74, 6) is 29.4. The minimum atomic E-state index is -4.21. The average Bonchev–Trinajstić information content (AvgIpc) is 3.22. The van der Waals surface area contributed by atoms with Gasteiger partial charge in [0.05, 0.1) is 32.5 Å². The maximum Gasteiger partial charge on any atom is 0.475 e. The van der Waals surface area contributed by atoms with Gasteiger partial charge < -0.3 is 25.4 Å². The lowest BCUT2D eigenvalue weighted by Gasteiger charge is -2.23. The Balaban J connectivity index is 5.66. The Labute approximate surface area is 374 Å². The number of ether oxygens (including phenoxy) is 2. The molecule has 3 N–H and O–H groups in total. The van der Waals surface area contributed by atoms with Gasteiger partial charge in [-0.25, -0.2) is 9.36 Å². The summed E-state index contributed by atoms with van der Waals surface area (Å²) in [4.78, 5) is 37.8. The summed E-state index contributed by atoms with van der Waals surface area (Å²) >= 11 is 0. The van der Waals surface area contributed by atoms with Crippen LogP contribution in [0.1, 0.15) is 151 Å². The summed E-state index contributed by atoms with van der Waals surface area (Å²) in [7, 11) is -4.21. The molecule has 0 aromatic carbocycles. The highest BCUT2D eigenvalue weighted by Gasteiger charge is 2.29. The minimum Gasteiger partial charge on any atom is -0.444 e. The van der Waals surface area contributed by atoms with Gasteiger partial charge in [-0.3, -0.25) is 23.2 Å². The van der Waals surface area contributed by atoms with Gasteiger partial charge >= 0.3 is 13.9 Å². The third-order valence-electron chi connectivity index (χ3n) is 8.46. The summed E-state index contributed by atoms with van der Waals surface area (Å²) in [5.41, 5.74) is -0.701. The monoisotopic (exact) mass is 878 g/mol. The molecule has 0 rings (SSSR count). The zero-order valence-corrected chi connectivity index (χ0v) is 39.2. The fourth-order valence-electron chi connectivity index (χ4n) is 5.45. The summed E-state index contributed by atoms with van der Waals surface area (Å²) in [6, 6.07) is -0.916. The lowest BCUT2D eigenvalue weighted by molar-refractivity contribution is -0.122. The van der Waals surface area contributed by atoms with E-state index in [1.54, 1.807) is 27.7 Å². The van der Waals surface area contributed by atoms with Crippen LogP contribution in [0.3, 0.4) is 0 Å². The molecule has 342 valence electrons. The van der Waals surface area contributed by atoms with Crippen LogP contribution in [0, 0.1) is 71.0 Å². The largest absolute Gasteiger partial charge is 0.475 e. The van der Waals surface area contributed by atoms with Crippen molar-refractivity contribution >= 4 is 25.7 Å². The van der Waals surface area contributed by atoms with Crippen LogP contribution in [-0.2, 0) is 37.2 Å². The third kappa shape index (κ3) is 38.3. The Morgan fingerprint density at radius 2 is 1.23 bits per heavy atom. The molecule has 0 spiro atoms. The minimum absolute atomic E-state index is 0.0473. The van der Waals surface area contributed by atoms with Gasteiger partial charge in [0, 0.05) is 31.5 Å².